The minimum atomic E-state index is -0.622. The van der Waals surface area contributed by atoms with Crippen LogP contribution >= 0.6 is 0 Å². The van der Waals surface area contributed by atoms with Crippen LogP contribution in [0.15, 0.2) is 58.3 Å². The van der Waals surface area contributed by atoms with E-state index in [9.17, 15) is 14.4 Å². The average molecular weight is 335 g/mol. The molecule has 8 heteroatoms. The molecule has 0 bridgehead atoms. The normalized spacial score (nSPS) is 11.0. The number of H-pyrrole nitrogens is 2. The first kappa shape index (κ1) is 14.9. The quantitative estimate of drug-likeness (QED) is 0.522. The highest BCUT2D eigenvalue weighted by molar-refractivity contribution is 5.93. The predicted molar refractivity (Wildman–Crippen MR) is 93.6 cm³/mol. The van der Waals surface area contributed by atoms with E-state index in [1.807, 2.05) is 6.07 Å². The highest BCUT2D eigenvalue weighted by atomic mass is 16.2. The van der Waals surface area contributed by atoms with Gasteiger partial charge in [-0.3, -0.25) is 19.3 Å². The van der Waals surface area contributed by atoms with Crippen molar-refractivity contribution < 1.29 is 4.79 Å². The standard InChI is InChI=1S/C17H13N5O3/c23-15(19-11-6-5-10-8-18-21-14(10)7-11)9-22-16(24)12-3-1-2-4-13(12)20-17(22)25/h1-8H,9H2,(H,18,21)(H,19,23)(H,20,25). The fourth-order valence-corrected chi connectivity index (χ4v) is 2.70. The summed E-state index contributed by atoms with van der Waals surface area (Å²) in [6, 6.07) is 11.9. The van der Waals surface area contributed by atoms with Gasteiger partial charge in [-0.25, -0.2) is 4.79 Å². The Labute approximate surface area is 140 Å². The van der Waals surface area contributed by atoms with Crippen molar-refractivity contribution in [1.82, 2.24) is 19.7 Å². The van der Waals surface area contributed by atoms with Crippen LogP contribution < -0.4 is 16.6 Å². The number of fused-ring (bicyclic) bond motifs is 2. The molecule has 2 heterocycles. The molecule has 2 aromatic carbocycles. The number of nitrogens with zero attached hydrogens (tertiary/aromatic N) is 2. The first-order valence-electron chi connectivity index (χ1n) is 7.57. The maximum Gasteiger partial charge on any atom is 0.329 e. The van der Waals surface area contributed by atoms with Gasteiger partial charge >= 0.3 is 5.69 Å². The molecule has 0 aliphatic heterocycles. The topological polar surface area (TPSA) is 113 Å². The molecular formula is C17H13N5O3. The fraction of sp³-hybridized carbons (Fsp3) is 0.0588. The summed E-state index contributed by atoms with van der Waals surface area (Å²) in [5, 5.41) is 10.7. The van der Waals surface area contributed by atoms with Gasteiger partial charge in [0.25, 0.3) is 5.56 Å². The third-order valence-corrected chi connectivity index (χ3v) is 3.92. The zero-order chi connectivity index (χ0) is 17.4. The molecular weight excluding hydrogens is 322 g/mol. The van der Waals surface area contributed by atoms with Gasteiger partial charge in [0.15, 0.2) is 0 Å². The minimum Gasteiger partial charge on any atom is -0.324 e. The van der Waals surface area contributed by atoms with E-state index >= 15 is 0 Å². The van der Waals surface area contributed by atoms with Gasteiger partial charge in [-0.1, -0.05) is 12.1 Å². The van der Waals surface area contributed by atoms with Crippen LogP contribution in [0, 0.1) is 0 Å². The number of anilines is 1. The van der Waals surface area contributed by atoms with E-state index in [1.165, 1.54) is 0 Å². The number of hydrogen-bond donors (Lipinski definition) is 3. The average Bonchev–Trinajstić information content (AvgIpc) is 3.06. The molecule has 0 unspecified atom stereocenters. The summed E-state index contributed by atoms with van der Waals surface area (Å²) < 4.78 is 0.881. The Morgan fingerprint density at radius 2 is 1.96 bits per heavy atom. The number of nitrogens with one attached hydrogen (secondary N) is 3. The Bertz CT molecular complexity index is 1220. The molecule has 0 fully saturated rings. The SMILES string of the molecule is O=C(Cn1c(=O)[nH]c2ccccc2c1=O)Nc1ccc2cn[nH]c2c1. The Morgan fingerprint density at radius 3 is 2.84 bits per heavy atom. The molecule has 0 atom stereocenters. The molecule has 0 saturated heterocycles. The van der Waals surface area contributed by atoms with Crippen molar-refractivity contribution in [3.63, 3.8) is 0 Å². The summed E-state index contributed by atoms with van der Waals surface area (Å²) in [6.07, 6.45) is 1.68. The van der Waals surface area contributed by atoms with Crippen LogP contribution in [-0.4, -0.2) is 25.7 Å². The Kier molecular flexibility index (Phi) is 3.42. The van der Waals surface area contributed by atoms with Crippen LogP contribution in [-0.2, 0) is 11.3 Å². The van der Waals surface area contributed by atoms with Gasteiger partial charge in [-0.15, -0.1) is 0 Å². The van der Waals surface area contributed by atoms with Crippen molar-refractivity contribution in [2.45, 2.75) is 6.54 Å². The van der Waals surface area contributed by atoms with Crippen LogP contribution in [0.5, 0.6) is 0 Å². The smallest absolute Gasteiger partial charge is 0.324 e. The van der Waals surface area contributed by atoms with Gasteiger partial charge in [0.2, 0.25) is 5.91 Å². The Morgan fingerprint density at radius 1 is 1.12 bits per heavy atom. The zero-order valence-corrected chi connectivity index (χ0v) is 12.9. The second-order valence-electron chi connectivity index (χ2n) is 5.59. The van der Waals surface area contributed by atoms with Gasteiger partial charge in [0, 0.05) is 11.1 Å². The number of para-hydroxylation sites is 1. The molecule has 8 nitrogen and oxygen atoms in total. The third kappa shape index (κ3) is 2.69. The molecule has 0 saturated carbocycles. The molecule has 0 radical (unpaired) electrons. The van der Waals surface area contributed by atoms with Crippen LogP contribution in [0.1, 0.15) is 0 Å². The van der Waals surface area contributed by atoms with Gasteiger partial charge in [0.1, 0.15) is 6.54 Å². The van der Waals surface area contributed by atoms with E-state index in [2.05, 4.69) is 20.5 Å². The predicted octanol–water partition coefficient (Wildman–Crippen LogP) is 1.20. The summed E-state index contributed by atoms with van der Waals surface area (Å²) in [4.78, 5) is 39.4. The van der Waals surface area contributed by atoms with Gasteiger partial charge in [-0.2, -0.15) is 5.10 Å². The Hall–Kier alpha value is -3.68. The maximum absolute atomic E-state index is 12.4. The van der Waals surface area contributed by atoms with Crippen LogP contribution in [0.2, 0.25) is 0 Å². The summed E-state index contributed by atoms with van der Waals surface area (Å²) in [7, 11) is 0. The zero-order valence-electron chi connectivity index (χ0n) is 12.9. The second kappa shape index (κ2) is 5.75. The third-order valence-electron chi connectivity index (χ3n) is 3.92. The van der Waals surface area contributed by atoms with Gasteiger partial charge in [0.05, 0.1) is 22.6 Å². The molecule has 0 aliphatic carbocycles. The summed E-state index contributed by atoms with van der Waals surface area (Å²) in [6.45, 7) is -0.375. The number of carbonyl (C=O) groups excluding carboxylic acids is 1. The number of aromatic nitrogens is 4. The Balaban J connectivity index is 1.63. The lowest BCUT2D eigenvalue weighted by molar-refractivity contribution is -0.116. The molecule has 2 aromatic heterocycles. The van der Waals surface area contributed by atoms with E-state index < -0.39 is 17.2 Å². The number of benzene rings is 2. The largest absolute Gasteiger partial charge is 0.329 e. The highest BCUT2D eigenvalue weighted by Crippen LogP contribution is 2.16. The molecule has 0 aliphatic rings. The monoisotopic (exact) mass is 335 g/mol. The molecule has 124 valence electrons. The second-order valence-corrected chi connectivity index (χ2v) is 5.59. The molecule has 25 heavy (non-hydrogen) atoms. The van der Waals surface area contributed by atoms with E-state index in [4.69, 9.17) is 0 Å². The first-order valence-corrected chi connectivity index (χ1v) is 7.57. The van der Waals surface area contributed by atoms with E-state index in [-0.39, 0.29) is 6.54 Å². The number of carbonyl (C=O) groups is 1. The highest BCUT2D eigenvalue weighted by Gasteiger charge is 2.11. The van der Waals surface area contributed by atoms with Crippen molar-refractivity contribution in [2.24, 2.45) is 0 Å². The maximum atomic E-state index is 12.4. The molecule has 0 spiro atoms. The van der Waals surface area contributed by atoms with Crippen LogP contribution in [0.25, 0.3) is 21.8 Å². The van der Waals surface area contributed by atoms with Gasteiger partial charge < -0.3 is 10.3 Å². The number of aromatic amines is 2. The van der Waals surface area contributed by atoms with E-state index in [0.717, 1.165) is 15.5 Å². The first-order chi connectivity index (χ1) is 12.1. The van der Waals surface area contributed by atoms with Gasteiger partial charge in [-0.05, 0) is 30.3 Å². The van der Waals surface area contributed by atoms with Crippen molar-refractivity contribution in [1.29, 1.82) is 0 Å². The van der Waals surface area contributed by atoms with Crippen molar-refractivity contribution >= 4 is 33.4 Å². The molecule has 1 amide bonds. The number of rotatable bonds is 3. The molecule has 3 N–H and O–H groups in total. The molecule has 4 aromatic rings. The summed E-state index contributed by atoms with van der Waals surface area (Å²) >= 11 is 0. The van der Waals surface area contributed by atoms with Crippen molar-refractivity contribution in [3.05, 3.63) is 69.5 Å². The fourth-order valence-electron chi connectivity index (χ4n) is 2.70. The van der Waals surface area contributed by atoms with E-state index in [1.54, 1.807) is 42.6 Å². The van der Waals surface area contributed by atoms with E-state index in [0.29, 0.717) is 16.6 Å². The lowest BCUT2D eigenvalue weighted by Gasteiger charge is -2.08. The van der Waals surface area contributed by atoms with Crippen molar-refractivity contribution in [3.8, 4) is 0 Å². The van der Waals surface area contributed by atoms with Crippen molar-refractivity contribution in [2.75, 3.05) is 5.32 Å². The lowest BCUT2D eigenvalue weighted by Crippen LogP contribution is -2.38. The van der Waals surface area contributed by atoms with Crippen LogP contribution in [0.4, 0.5) is 5.69 Å². The minimum absolute atomic E-state index is 0.355. The summed E-state index contributed by atoms with van der Waals surface area (Å²) in [5.41, 5.74) is 0.644. The summed E-state index contributed by atoms with van der Waals surface area (Å²) in [5.74, 6) is -0.471. The molecule has 4 rings (SSSR count). The van der Waals surface area contributed by atoms with Crippen LogP contribution in [0.3, 0.4) is 0 Å². The number of hydrogen-bond acceptors (Lipinski definition) is 4. The number of amides is 1. The lowest BCUT2D eigenvalue weighted by atomic mass is 10.2.